The number of hydrogen-bond acceptors (Lipinski definition) is 2. The van der Waals surface area contributed by atoms with E-state index in [1.54, 1.807) is 37.3 Å². The number of alkyl halides is 3. The first-order chi connectivity index (χ1) is 9.45. The number of anilines is 1. The van der Waals surface area contributed by atoms with Crippen molar-refractivity contribution in [3.63, 3.8) is 0 Å². The summed E-state index contributed by atoms with van der Waals surface area (Å²) in [6, 6.07) is 8.51. The van der Waals surface area contributed by atoms with Crippen LogP contribution in [0.5, 0.6) is 0 Å². The number of aromatic nitrogens is 2. The van der Waals surface area contributed by atoms with Crippen molar-refractivity contribution in [2.45, 2.75) is 13.1 Å². The van der Waals surface area contributed by atoms with Crippen LogP contribution in [0.1, 0.15) is 23.0 Å². The molecule has 0 unspecified atom stereocenters. The molecular formula is C13H12F3N3O. The van der Waals surface area contributed by atoms with Crippen LogP contribution in [0.3, 0.4) is 0 Å². The van der Waals surface area contributed by atoms with Crippen LogP contribution in [0, 0.1) is 0 Å². The van der Waals surface area contributed by atoms with Crippen molar-refractivity contribution in [2.24, 2.45) is 0 Å². The molecule has 0 atom stereocenters. The van der Waals surface area contributed by atoms with Crippen LogP contribution in [0.2, 0.25) is 0 Å². The third-order valence-corrected chi connectivity index (χ3v) is 2.78. The second-order valence-electron chi connectivity index (χ2n) is 4.04. The zero-order chi connectivity index (χ0) is 14.8. The molecule has 0 saturated carbocycles. The van der Waals surface area contributed by atoms with Crippen molar-refractivity contribution < 1.29 is 18.0 Å². The molecule has 1 aromatic carbocycles. The number of hydrogen-bond donors (Lipinski definition) is 1. The van der Waals surface area contributed by atoms with Gasteiger partial charge >= 0.3 is 6.18 Å². The van der Waals surface area contributed by atoms with Crippen molar-refractivity contribution in [1.29, 1.82) is 0 Å². The monoisotopic (exact) mass is 283 g/mol. The molecule has 4 nitrogen and oxygen atoms in total. The van der Waals surface area contributed by atoms with Crippen LogP contribution in [0.4, 0.5) is 18.9 Å². The van der Waals surface area contributed by atoms with E-state index in [-0.39, 0.29) is 6.54 Å². The lowest BCUT2D eigenvalue weighted by Crippen LogP contribution is -2.31. The predicted octanol–water partition coefficient (Wildman–Crippen LogP) is 3.10. The van der Waals surface area contributed by atoms with E-state index in [4.69, 9.17) is 0 Å². The average molecular weight is 283 g/mol. The number of halogens is 3. The number of benzene rings is 1. The maximum atomic E-state index is 12.8. The average Bonchev–Trinajstić information content (AvgIpc) is 2.90. The van der Waals surface area contributed by atoms with Crippen LogP contribution in [0.25, 0.3) is 0 Å². The highest BCUT2D eigenvalue weighted by Gasteiger charge is 2.38. The number of nitrogens with one attached hydrogen (secondary N) is 1. The number of H-pyrrole nitrogens is 1. The Kier molecular flexibility index (Phi) is 3.78. The van der Waals surface area contributed by atoms with Crippen LogP contribution in [-0.2, 0) is 6.18 Å². The second-order valence-corrected chi connectivity index (χ2v) is 4.04. The topological polar surface area (TPSA) is 49.0 Å². The van der Waals surface area contributed by atoms with Gasteiger partial charge in [0.1, 0.15) is 0 Å². The Morgan fingerprint density at radius 2 is 1.95 bits per heavy atom. The van der Waals surface area contributed by atoms with E-state index >= 15 is 0 Å². The smallest absolute Gasteiger partial charge is 0.309 e. The minimum Gasteiger partial charge on any atom is -0.309 e. The zero-order valence-electron chi connectivity index (χ0n) is 10.6. The van der Waals surface area contributed by atoms with E-state index in [1.807, 2.05) is 5.10 Å². The Balaban J connectivity index is 2.38. The molecule has 0 spiro atoms. The summed E-state index contributed by atoms with van der Waals surface area (Å²) < 4.78 is 38.3. The van der Waals surface area contributed by atoms with E-state index in [0.29, 0.717) is 5.69 Å². The molecule has 1 N–H and O–H groups in total. The van der Waals surface area contributed by atoms with E-state index < -0.39 is 23.3 Å². The fourth-order valence-corrected chi connectivity index (χ4v) is 1.86. The molecule has 0 aliphatic rings. The molecule has 106 valence electrons. The molecule has 20 heavy (non-hydrogen) atoms. The van der Waals surface area contributed by atoms with Crippen molar-refractivity contribution in [2.75, 3.05) is 11.4 Å². The lowest BCUT2D eigenvalue weighted by atomic mass is 10.2. The maximum absolute atomic E-state index is 12.8. The third kappa shape index (κ3) is 2.66. The fraction of sp³-hybridized carbons (Fsp3) is 0.231. The molecule has 0 radical (unpaired) electrons. The Morgan fingerprint density at radius 1 is 1.30 bits per heavy atom. The van der Waals surface area contributed by atoms with Crippen LogP contribution < -0.4 is 4.90 Å². The molecule has 7 heteroatoms. The molecular weight excluding hydrogens is 271 g/mol. The maximum Gasteiger partial charge on any atom is 0.433 e. The molecule has 0 aliphatic heterocycles. The minimum absolute atomic E-state index is 0.255. The van der Waals surface area contributed by atoms with E-state index in [9.17, 15) is 18.0 Å². The highest BCUT2D eigenvalue weighted by Crippen LogP contribution is 2.31. The van der Waals surface area contributed by atoms with E-state index in [0.717, 1.165) is 6.20 Å². The first-order valence-electron chi connectivity index (χ1n) is 5.92. The summed E-state index contributed by atoms with van der Waals surface area (Å²) in [4.78, 5) is 13.5. The summed E-state index contributed by atoms with van der Waals surface area (Å²) in [6.07, 6.45) is -3.74. The quantitative estimate of drug-likeness (QED) is 0.941. The fourth-order valence-electron chi connectivity index (χ4n) is 1.86. The van der Waals surface area contributed by atoms with Crippen molar-refractivity contribution >= 4 is 11.6 Å². The summed E-state index contributed by atoms with van der Waals surface area (Å²) in [5.74, 6) is -0.736. The Hall–Kier alpha value is -2.31. The van der Waals surface area contributed by atoms with Gasteiger partial charge in [-0.25, -0.2) is 0 Å². The van der Waals surface area contributed by atoms with Gasteiger partial charge in [0, 0.05) is 12.2 Å². The first kappa shape index (κ1) is 14.1. The van der Waals surface area contributed by atoms with Crippen molar-refractivity contribution in [1.82, 2.24) is 10.2 Å². The van der Waals surface area contributed by atoms with E-state index in [1.165, 1.54) is 4.90 Å². The number of rotatable bonds is 3. The van der Waals surface area contributed by atoms with Gasteiger partial charge in [0.05, 0.1) is 11.8 Å². The van der Waals surface area contributed by atoms with Gasteiger partial charge in [-0.05, 0) is 19.1 Å². The van der Waals surface area contributed by atoms with Gasteiger partial charge in [-0.1, -0.05) is 18.2 Å². The number of para-hydroxylation sites is 1. The highest BCUT2D eigenvalue weighted by atomic mass is 19.4. The van der Waals surface area contributed by atoms with Gasteiger partial charge in [-0.3, -0.25) is 9.89 Å². The molecule has 2 aromatic rings. The predicted molar refractivity (Wildman–Crippen MR) is 67.4 cm³/mol. The summed E-state index contributed by atoms with van der Waals surface area (Å²) >= 11 is 0. The molecule has 2 rings (SSSR count). The number of nitrogens with zero attached hydrogens (tertiary/aromatic N) is 2. The largest absolute Gasteiger partial charge is 0.433 e. The molecule has 1 heterocycles. The van der Waals surface area contributed by atoms with Crippen LogP contribution in [-0.4, -0.2) is 22.6 Å². The van der Waals surface area contributed by atoms with Crippen molar-refractivity contribution in [3.05, 3.63) is 47.8 Å². The van der Waals surface area contributed by atoms with E-state index in [2.05, 4.69) is 5.10 Å². The molecule has 0 bridgehead atoms. The third-order valence-electron chi connectivity index (χ3n) is 2.78. The summed E-state index contributed by atoms with van der Waals surface area (Å²) in [5, 5.41) is 5.16. The normalized spacial score (nSPS) is 11.4. The molecule has 0 fully saturated rings. The Bertz CT molecular complexity index is 592. The van der Waals surface area contributed by atoms with Crippen LogP contribution in [0.15, 0.2) is 36.5 Å². The second kappa shape index (κ2) is 5.36. The molecule has 1 amide bonds. The summed E-state index contributed by atoms with van der Waals surface area (Å²) in [7, 11) is 0. The van der Waals surface area contributed by atoms with Gasteiger partial charge in [-0.2, -0.15) is 18.3 Å². The lowest BCUT2D eigenvalue weighted by molar-refractivity contribution is -0.141. The minimum atomic E-state index is -4.64. The van der Waals surface area contributed by atoms with Gasteiger partial charge in [0.15, 0.2) is 5.69 Å². The summed E-state index contributed by atoms with van der Waals surface area (Å²) in [5.41, 5.74) is -1.07. The summed E-state index contributed by atoms with van der Waals surface area (Å²) in [6.45, 7) is 1.95. The Labute approximate surface area is 113 Å². The van der Waals surface area contributed by atoms with Gasteiger partial charge in [0.25, 0.3) is 5.91 Å². The molecule has 1 aromatic heterocycles. The number of amides is 1. The number of carbonyl (C=O) groups excluding carboxylic acids is 1. The Morgan fingerprint density at radius 3 is 2.50 bits per heavy atom. The molecule has 0 saturated heterocycles. The standard InChI is InChI=1S/C13H12F3N3O/c1-2-19(9-6-4-3-5-7-9)12(20)10-8-17-18-11(10)13(14,15)16/h3-8H,2H2,1H3,(H,17,18). The zero-order valence-corrected chi connectivity index (χ0v) is 10.6. The highest BCUT2D eigenvalue weighted by molar-refractivity contribution is 6.06. The number of aromatic amines is 1. The SMILES string of the molecule is CCN(C(=O)c1cn[nH]c1C(F)(F)F)c1ccccc1. The van der Waals surface area contributed by atoms with Gasteiger partial charge in [0.2, 0.25) is 0 Å². The molecule has 0 aliphatic carbocycles. The first-order valence-corrected chi connectivity index (χ1v) is 5.92. The number of carbonyl (C=O) groups is 1. The van der Waals surface area contributed by atoms with Gasteiger partial charge < -0.3 is 4.90 Å². The van der Waals surface area contributed by atoms with Crippen LogP contribution >= 0.6 is 0 Å². The van der Waals surface area contributed by atoms with Gasteiger partial charge in [-0.15, -0.1) is 0 Å². The van der Waals surface area contributed by atoms with Crippen molar-refractivity contribution in [3.8, 4) is 0 Å². The lowest BCUT2D eigenvalue weighted by Gasteiger charge is -2.21.